The van der Waals surface area contributed by atoms with Crippen molar-refractivity contribution in [2.45, 2.75) is 32.7 Å². The number of amides is 1. The molecule has 2 aliphatic heterocycles. The molecule has 0 saturated heterocycles. The molecule has 0 aromatic heterocycles. The molecule has 0 spiro atoms. The molecule has 2 heterocycles. The summed E-state index contributed by atoms with van der Waals surface area (Å²) >= 11 is 0. The number of benzene rings is 1. The predicted octanol–water partition coefficient (Wildman–Crippen LogP) is 3.74. The average Bonchev–Trinajstić information content (AvgIpc) is 2.82. The van der Waals surface area contributed by atoms with E-state index in [0.717, 1.165) is 6.42 Å². The number of fused-ring (bicyclic) bond motifs is 2. The van der Waals surface area contributed by atoms with Crippen LogP contribution in [0.25, 0.3) is 0 Å². The van der Waals surface area contributed by atoms with Crippen LogP contribution in [0.1, 0.15) is 26.7 Å². The largest absolute Gasteiger partial charge is 0.416 e. The zero-order chi connectivity index (χ0) is 16.4. The number of carbonyl (C=O) groups is 2. The Morgan fingerprint density at radius 2 is 2.04 bits per heavy atom. The number of rotatable bonds is 3. The second-order valence-electron chi connectivity index (χ2n) is 6.41. The van der Waals surface area contributed by atoms with Gasteiger partial charge in [-0.25, -0.2) is 4.79 Å². The van der Waals surface area contributed by atoms with E-state index in [0.29, 0.717) is 24.3 Å². The number of hydrogen-bond acceptors (Lipinski definition) is 3. The Balaban J connectivity index is 1.87. The highest BCUT2D eigenvalue weighted by Crippen LogP contribution is 2.37. The fourth-order valence-corrected chi connectivity index (χ4v) is 3.14. The molecule has 2 bridgehead atoms. The van der Waals surface area contributed by atoms with Gasteiger partial charge in [-0.3, -0.25) is 9.69 Å². The van der Waals surface area contributed by atoms with Crippen molar-refractivity contribution < 1.29 is 14.3 Å². The van der Waals surface area contributed by atoms with Gasteiger partial charge in [0.25, 0.3) is 0 Å². The molecule has 1 aromatic carbocycles. The minimum Gasteiger partial charge on any atom is -0.410 e. The van der Waals surface area contributed by atoms with Crippen molar-refractivity contribution in [3.8, 4) is 5.75 Å². The molecule has 0 N–H and O–H groups in total. The lowest BCUT2D eigenvalue weighted by Crippen LogP contribution is -2.49. The van der Waals surface area contributed by atoms with Crippen molar-refractivity contribution in [2.75, 3.05) is 6.54 Å². The first kappa shape index (κ1) is 15.5. The molecule has 1 aliphatic carbocycles. The lowest BCUT2D eigenvalue weighted by Gasteiger charge is -2.38. The molecular weight excluding hydrogens is 290 g/mol. The normalized spacial score (nSPS) is 25.7. The third-order valence-corrected chi connectivity index (χ3v) is 4.48. The van der Waals surface area contributed by atoms with E-state index in [1.54, 1.807) is 17.0 Å². The fraction of sp³-hybridized carbons (Fsp3) is 0.368. The van der Waals surface area contributed by atoms with Gasteiger partial charge in [0.05, 0.1) is 6.04 Å². The summed E-state index contributed by atoms with van der Waals surface area (Å²) in [7, 11) is 0. The Morgan fingerprint density at radius 3 is 2.74 bits per heavy atom. The topological polar surface area (TPSA) is 46.6 Å². The van der Waals surface area contributed by atoms with Crippen molar-refractivity contribution in [3.63, 3.8) is 0 Å². The number of hydrogen-bond donors (Lipinski definition) is 0. The second-order valence-corrected chi connectivity index (χ2v) is 6.41. The van der Waals surface area contributed by atoms with Gasteiger partial charge in [-0.2, -0.15) is 0 Å². The van der Waals surface area contributed by atoms with Crippen LogP contribution >= 0.6 is 0 Å². The van der Waals surface area contributed by atoms with Gasteiger partial charge in [-0.15, -0.1) is 0 Å². The third-order valence-electron chi connectivity index (χ3n) is 4.48. The SMILES string of the molecule is CCC(=O)C1=CC[C@]2(C)C=C[C@H]1N(C(=O)Oc1ccccc1)C2. The van der Waals surface area contributed by atoms with Gasteiger partial charge in [-0.05, 0) is 18.6 Å². The number of nitrogens with zero attached hydrogens (tertiary/aromatic N) is 1. The minimum absolute atomic E-state index is 0.0864. The smallest absolute Gasteiger partial charge is 0.410 e. The standard InChI is InChI=1S/C19H21NO3/c1-3-17(21)15-9-11-19(2)12-10-16(15)20(13-19)18(22)23-14-7-5-4-6-8-14/h4-10,12,16H,3,11,13H2,1-2H3/t16-,19-/m1/s1. The molecule has 4 nitrogen and oxygen atoms in total. The molecule has 1 aromatic rings. The highest BCUT2D eigenvalue weighted by atomic mass is 16.6. The molecule has 120 valence electrons. The molecular formula is C19H21NO3. The van der Waals surface area contributed by atoms with Gasteiger partial charge >= 0.3 is 6.09 Å². The summed E-state index contributed by atoms with van der Waals surface area (Å²) in [6.07, 6.45) is 6.86. The van der Waals surface area contributed by atoms with Gasteiger partial charge < -0.3 is 4.74 Å². The summed E-state index contributed by atoms with van der Waals surface area (Å²) in [4.78, 5) is 26.6. The molecule has 0 fully saturated rings. The van der Waals surface area contributed by atoms with Crippen LogP contribution in [0.15, 0.2) is 54.1 Å². The monoisotopic (exact) mass is 311 g/mol. The Labute approximate surface area is 136 Å². The second kappa shape index (κ2) is 6.03. The quantitative estimate of drug-likeness (QED) is 0.799. The lowest BCUT2D eigenvalue weighted by atomic mass is 9.84. The van der Waals surface area contributed by atoms with E-state index >= 15 is 0 Å². The van der Waals surface area contributed by atoms with Crippen molar-refractivity contribution in [1.82, 2.24) is 4.90 Å². The number of ketones is 1. The third kappa shape index (κ3) is 3.07. The number of para-hydroxylation sites is 1. The zero-order valence-corrected chi connectivity index (χ0v) is 13.5. The molecule has 2 atom stereocenters. The van der Waals surface area contributed by atoms with Crippen molar-refractivity contribution >= 4 is 11.9 Å². The predicted molar refractivity (Wildman–Crippen MR) is 88.2 cm³/mol. The molecule has 4 heteroatoms. The average molecular weight is 311 g/mol. The maximum Gasteiger partial charge on any atom is 0.416 e. The number of ether oxygens (including phenoxy) is 1. The van der Waals surface area contributed by atoms with Gasteiger partial charge in [0.15, 0.2) is 5.78 Å². The number of carbonyl (C=O) groups excluding carboxylic acids is 2. The van der Waals surface area contributed by atoms with Crippen LogP contribution in [0.4, 0.5) is 4.79 Å². The Morgan fingerprint density at radius 1 is 1.30 bits per heavy atom. The summed E-state index contributed by atoms with van der Waals surface area (Å²) in [5.74, 6) is 0.599. The molecule has 4 rings (SSSR count). The molecule has 0 unspecified atom stereocenters. The summed E-state index contributed by atoms with van der Waals surface area (Å²) < 4.78 is 5.48. The van der Waals surface area contributed by atoms with Crippen LogP contribution in [-0.4, -0.2) is 29.4 Å². The van der Waals surface area contributed by atoms with Gasteiger partial charge in [0.2, 0.25) is 0 Å². The maximum atomic E-state index is 12.6. The lowest BCUT2D eigenvalue weighted by molar-refractivity contribution is -0.115. The molecule has 0 radical (unpaired) electrons. The summed E-state index contributed by atoms with van der Waals surface area (Å²) in [6, 6.07) is 8.69. The Hall–Kier alpha value is -2.36. The highest BCUT2D eigenvalue weighted by molar-refractivity contribution is 5.97. The molecule has 0 saturated carbocycles. The molecule has 1 amide bonds. The van der Waals surface area contributed by atoms with Crippen molar-refractivity contribution in [2.24, 2.45) is 5.41 Å². The summed E-state index contributed by atoms with van der Waals surface area (Å²) in [5.41, 5.74) is 0.553. The van der Waals surface area contributed by atoms with E-state index in [2.05, 4.69) is 13.0 Å². The summed E-state index contributed by atoms with van der Waals surface area (Å²) in [6.45, 7) is 4.49. The minimum atomic E-state index is -0.409. The van der Waals surface area contributed by atoms with Crippen LogP contribution in [0, 0.1) is 5.41 Å². The highest BCUT2D eigenvalue weighted by Gasteiger charge is 2.40. The van der Waals surface area contributed by atoms with Crippen molar-refractivity contribution in [1.29, 1.82) is 0 Å². The maximum absolute atomic E-state index is 12.6. The van der Waals surface area contributed by atoms with Crippen LogP contribution in [0.3, 0.4) is 0 Å². The van der Waals surface area contributed by atoms with Gasteiger partial charge in [-0.1, -0.05) is 50.3 Å². The van der Waals surface area contributed by atoms with E-state index in [1.165, 1.54) is 0 Å². The van der Waals surface area contributed by atoms with Crippen LogP contribution in [0.2, 0.25) is 0 Å². The number of Topliss-reactive ketones (excluding diaryl/α,β-unsaturated/α-hetero) is 1. The Kier molecular flexibility index (Phi) is 4.07. The molecule has 3 aliphatic rings. The van der Waals surface area contributed by atoms with Crippen LogP contribution in [-0.2, 0) is 4.79 Å². The first-order valence-electron chi connectivity index (χ1n) is 7.98. The van der Waals surface area contributed by atoms with E-state index in [-0.39, 0.29) is 17.2 Å². The Bertz CT molecular complexity index is 677. The van der Waals surface area contributed by atoms with Gasteiger partial charge in [0.1, 0.15) is 5.75 Å². The number of allylic oxidation sites excluding steroid dienone is 1. The summed E-state index contributed by atoms with van der Waals surface area (Å²) in [5, 5.41) is 0. The van der Waals surface area contributed by atoms with Crippen LogP contribution < -0.4 is 4.74 Å². The zero-order valence-electron chi connectivity index (χ0n) is 13.5. The van der Waals surface area contributed by atoms with Crippen molar-refractivity contribution in [3.05, 3.63) is 54.1 Å². The van der Waals surface area contributed by atoms with E-state index in [4.69, 9.17) is 4.74 Å². The van der Waals surface area contributed by atoms with E-state index in [1.807, 2.05) is 37.3 Å². The fourth-order valence-electron chi connectivity index (χ4n) is 3.14. The van der Waals surface area contributed by atoms with Crippen LogP contribution in [0.5, 0.6) is 5.75 Å². The first-order chi connectivity index (χ1) is 11.0. The molecule has 23 heavy (non-hydrogen) atoms. The van der Waals surface area contributed by atoms with E-state index < -0.39 is 6.09 Å². The van der Waals surface area contributed by atoms with Gasteiger partial charge in [0, 0.05) is 24.0 Å². The van der Waals surface area contributed by atoms with E-state index in [9.17, 15) is 9.59 Å². The first-order valence-corrected chi connectivity index (χ1v) is 7.98.